The molecule has 0 unspecified atom stereocenters. The van der Waals surface area contributed by atoms with Crippen molar-refractivity contribution in [3.63, 3.8) is 0 Å². The average molecular weight is 410 g/mol. The summed E-state index contributed by atoms with van der Waals surface area (Å²) in [6.45, 7) is 5.61. The predicted octanol–water partition coefficient (Wildman–Crippen LogP) is 4.97. The molecule has 0 spiro atoms. The first-order valence-corrected chi connectivity index (χ1v) is 9.91. The fourth-order valence-corrected chi connectivity index (χ4v) is 3.80. The van der Waals surface area contributed by atoms with Gasteiger partial charge in [-0.1, -0.05) is 6.07 Å². The fourth-order valence-electron chi connectivity index (χ4n) is 3.16. The summed E-state index contributed by atoms with van der Waals surface area (Å²) < 4.78 is 21.1. The standard InChI is InChI=1S/C21H19FN4O2S/c1-12-9-15(6-7-17(12)22)23-19(27)11-26-13(2)10-16(14(26)3)20-24-25-21(28-20)18-5-4-8-29-18/h4-10H,11H2,1-3H3,(H,23,27). The van der Waals surface area contributed by atoms with Gasteiger partial charge in [0.1, 0.15) is 12.4 Å². The van der Waals surface area contributed by atoms with E-state index < -0.39 is 0 Å². The van der Waals surface area contributed by atoms with Crippen LogP contribution in [-0.4, -0.2) is 20.7 Å². The van der Waals surface area contributed by atoms with Gasteiger partial charge >= 0.3 is 0 Å². The van der Waals surface area contributed by atoms with E-state index in [1.54, 1.807) is 19.1 Å². The molecule has 0 bridgehead atoms. The van der Waals surface area contributed by atoms with Crippen LogP contribution in [0.3, 0.4) is 0 Å². The van der Waals surface area contributed by atoms with E-state index in [0.717, 1.165) is 21.8 Å². The van der Waals surface area contributed by atoms with Crippen LogP contribution in [0, 0.1) is 26.6 Å². The van der Waals surface area contributed by atoms with Gasteiger partial charge in [-0.3, -0.25) is 4.79 Å². The van der Waals surface area contributed by atoms with Crippen molar-refractivity contribution in [3.8, 4) is 22.2 Å². The number of anilines is 1. The molecule has 0 saturated heterocycles. The lowest BCUT2D eigenvalue weighted by molar-refractivity contribution is -0.116. The molecule has 1 aromatic carbocycles. The number of halogens is 1. The third kappa shape index (κ3) is 3.84. The number of amides is 1. The van der Waals surface area contributed by atoms with Crippen LogP contribution in [0.25, 0.3) is 22.2 Å². The summed E-state index contributed by atoms with van der Waals surface area (Å²) in [5, 5.41) is 13.0. The van der Waals surface area contributed by atoms with Crippen LogP contribution in [0.15, 0.2) is 46.2 Å². The van der Waals surface area contributed by atoms with Crippen molar-refractivity contribution in [2.24, 2.45) is 0 Å². The van der Waals surface area contributed by atoms with E-state index in [1.165, 1.54) is 17.4 Å². The molecule has 6 nitrogen and oxygen atoms in total. The lowest BCUT2D eigenvalue weighted by Gasteiger charge is -2.11. The summed E-state index contributed by atoms with van der Waals surface area (Å²) in [6, 6.07) is 10.3. The van der Waals surface area contributed by atoms with Gasteiger partial charge in [0.2, 0.25) is 11.8 Å². The molecule has 148 valence electrons. The molecule has 3 aromatic heterocycles. The Hall–Kier alpha value is -3.26. The second-order valence-electron chi connectivity index (χ2n) is 6.77. The van der Waals surface area contributed by atoms with Crippen molar-refractivity contribution in [2.75, 3.05) is 5.32 Å². The zero-order valence-electron chi connectivity index (χ0n) is 16.2. The van der Waals surface area contributed by atoms with E-state index in [0.29, 0.717) is 23.0 Å². The number of thiophene rings is 1. The Morgan fingerprint density at radius 2 is 1.97 bits per heavy atom. The highest BCUT2D eigenvalue weighted by Gasteiger charge is 2.19. The first-order valence-electron chi connectivity index (χ1n) is 9.03. The minimum Gasteiger partial charge on any atom is -0.415 e. The third-order valence-electron chi connectivity index (χ3n) is 4.70. The number of hydrogen-bond acceptors (Lipinski definition) is 5. The zero-order chi connectivity index (χ0) is 20.5. The number of carbonyl (C=O) groups excluding carboxylic acids is 1. The Bertz CT molecular complexity index is 1180. The summed E-state index contributed by atoms with van der Waals surface area (Å²) >= 11 is 1.53. The minimum absolute atomic E-state index is 0.125. The maximum absolute atomic E-state index is 13.4. The average Bonchev–Trinajstić information content (AvgIpc) is 3.41. The molecule has 0 radical (unpaired) electrons. The number of benzene rings is 1. The van der Waals surface area contributed by atoms with E-state index >= 15 is 0 Å². The second-order valence-corrected chi connectivity index (χ2v) is 7.72. The molecule has 0 aliphatic rings. The lowest BCUT2D eigenvalue weighted by Crippen LogP contribution is -2.20. The molecule has 0 saturated carbocycles. The van der Waals surface area contributed by atoms with E-state index in [-0.39, 0.29) is 18.3 Å². The number of aryl methyl sites for hydroxylation is 2. The van der Waals surface area contributed by atoms with Crippen LogP contribution in [-0.2, 0) is 11.3 Å². The van der Waals surface area contributed by atoms with Crippen LogP contribution in [0.5, 0.6) is 0 Å². The summed E-state index contributed by atoms with van der Waals surface area (Å²) in [5.41, 5.74) is 3.60. The highest BCUT2D eigenvalue weighted by atomic mass is 32.1. The summed E-state index contributed by atoms with van der Waals surface area (Å²) in [6.07, 6.45) is 0. The van der Waals surface area contributed by atoms with Crippen molar-refractivity contribution >= 4 is 22.9 Å². The molecule has 0 atom stereocenters. The number of rotatable bonds is 5. The Morgan fingerprint density at radius 3 is 2.69 bits per heavy atom. The van der Waals surface area contributed by atoms with Gasteiger partial charge < -0.3 is 14.3 Å². The van der Waals surface area contributed by atoms with Gasteiger partial charge in [0.15, 0.2) is 0 Å². The number of carbonyl (C=O) groups is 1. The maximum Gasteiger partial charge on any atom is 0.258 e. The highest BCUT2D eigenvalue weighted by molar-refractivity contribution is 7.13. The van der Waals surface area contributed by atoms with Gasteiger partial charge in [-0.05, 0) is 62.0 Å². The maximum atomic E-state index is 13.4. The highest BCUT2D eigenvalue weighted by Crippen LogP contribution is 2.30. The smallest absolute Gasteiger partial charge is 0.258 e. The topological polar surface area (TPSA) is 73.0 Å². The monoisotopic (exact) mass is 410 g/mol. The Labute approximate surface area is 171 Å². The Kier molecular flexibility index (Phi) is 5.02. The molecule has 0 fully saturated rings. The minimum atomic E-state index is -0.300. The van der Waals surface area contributed by atoms with Gasteiger partial charge in [-0.2, -0.15) is 0 Å². The number of nitrogens with zero attached hydrogens (tertiary/aromatic N) is 3. The van der Waals surface area contributed by atoms with Crippen LogP contribution in [0.4, 0.5) is 10.1 Å². The normalized spacial score (nSPS) is 11.0. The van der Waals surface area contributed by atoms with E-state index in [4.69, 9.17) is 4.42 Å². The molecule has 4 aromatic rings. The van der Waals surface area contributed by atoms with Crippen molar-refractivity contribution in [1.29, 1.82) is 0 Å². The van der Waals surface area contributed by atoms with Crippen molar-refractivity contribution in [1.82, 2.24) is 14.8 Å². The quantitative estimate of drug-likeness (QED) is 0.504. The van der Waals surface area contributed by atoms with E-state index in [2.05, 4.69) is 15.5 Å². The van der Waals surface area contributed by atoms with Gasteiger partial charge in [0.25, 0.3) is 5.89 Å². The molecule has 8 heteroatoms. The van der Waals surface area contributed by atoms with Crippen LogP contribution in [0.1, 0.15) is 17.0 Å². The molecular weight excluding hydrogens is 391 g/mol. The van der Waals surface area contributed by atoms with Crippen LogP contribution >= 0.6 is 11.3 Å². The van der Waals surface area contributed by atoms with E-state index in [9.17, 15) is 9.18 Å². The van der Waals surface area contributed by atoms with Crippen molar-refractivity contribution in [3.05, 3.63) is 64.5 Å². The summed E-state index contributed by atoms with van der Waals surface area (Å²) in [7, 11) is 0. The van der Waals surface area contributed by atoms with Crippen molar-refractivity contribution < 1.29 is 13.6 Å². The molecular formula is C21H19FN4O2S. The number of nitrogens with one attached hydrogen (secondary N) is 1. The molecule has 1 N–H and O–H groups in total. The molecule has 1 amide bonds. The van der Waals surface area contributed by atoms with Crippen LogP contribution in [0.2, 0.25) is 0 Å². The second kappa shape index (κ2) is 7.63. The van der Waals surface area contributed by atoms with Gasteiger partial charge in [0, 0.05) is 17.1 Å². The fraction of sp³-hybridized carbons (Fsp3) is 0.190. The SMILES string of the molecule is Cc1cc(NC(=O)Cn2c(C)cc(-c3nnc(-c4cccs4)o3)c2C)ccc1F. The first-order chi connectivity index (χ1) is 13.9. The molecule has 0 aliphatic heterocycles. The molecule has 3 heterocycles. The number of hydrogen-bond donors (Lipinski definition) is 1. The van der Waals surface area contributed by atoms with Crippen molar-refractivity contribution in [2.45, 2.75) is 27.3 Å². The lowest BCUT2D eigenvalue weighted by atomic mass is 10.2. The molecule has 0 aliphatic carbocycles. The predicted molar refractivity (Wildman–Crippen MR) is 110 cm³/mol. The zero-order valence-corrected chi connectivity index (χ0v) is 17.0. The summed E-state index contributed by atoms with van der Waals surface area (Å²) in [4.78, 5) is 13.4. The van der Waals surface area contributed by atoms with Gasteiger partial charge in [-0.25, -0.2) is 4.39 Å². The third-order valence-corrected chi connectivity index (χ3v) is 5.56. The van der Waals surface area contributed by atoms with Crippen LogP contribution < -0.4 is 5.32 Å². The first kappa shape index (κ1) is 19.1. The Balaban J connectivity index is 1.54. The largest absolute Gasteiger partial charge is 0.415 e. The summed E-state index contributed by atoms with van der Waals surface area (Å²) in [5.74, 6) is 0.395. The molecule has 4 rings (SSSR count). The Morgan fingerprint density at radius 1 is 1.17 bits per heavy atom. The van der Waals surface area contributed by atoms with Gasteiger partial charge in [-0.15, -0.1) is 21.5 Å². The number of aromatic nitrogens is 3. The molecule has 29 heavy (non-hydrogen) atoms. The van der Waals surface area contributed by atoms with E-state index in [1.807, 2.05) is 42.0 Å². The van der Waals surface area contributed by atoms with Gasteiger partial charge in [0.05, 0.1) is 10.4 Å².